The lowest BCUT2D eigenvalue weighted by Gasteiger charge is -2.19. The van der Waals surface area contributed by atoms with E-state index in [1.807, 2.05) is 0 Å². The third kappa shape index (κ3) is 2.86. The van der Waals surface area contributed by atoms with Crippen molar-refractivity contribution < 1.29 is 4.79 Å². The number of aromatic nitrogens is 2. The molecule has 2 aromatic rings. The van der Waals surface area contributed by atoms with E-state index in [9.17, 15) is 4.79 Å². The zero-order valence-electron chi connectivity index (χ0n) is 9.47. The molecule has 0 aromatic carbocycles. The van der Waals surface area contributed by atoms with Gasteiger partial charge in [0.25, 0.3) is 0 Å². The molecule has 0 aliphatic rings. The van der Waals surface area contributed by atoms with Crippen molar-refractivity contribution in [3.8, 4) is 0 Å². The van der Waals surface area contributed by atoms with E-state index in [1.54, 1.807) is 36.4 Å². The minimum absolute atomic E-state index is 0.185. The molecule has 0 aliphatic carbocycles. The fraction of sp³-hybridized carbons (Fsp3) is 0.0833. The van der Waals surface area contributed by atoms with Crippen LogP contribution in [0.3, 0.4) is 0 Å². The summed E-state index contributed by atoms with van der Waals surface area (Å²) in [6.45, 7) is 1.45. The first-order valence-electron chi connectivity index (χ1n) is 5.14. The number of carbonyl (C=O) groups is 1. The predicted octanol–water partition coefficient (Wildman–Crippen LogP) is 3.58. The Hall–Kier alpha value is -1.46. The van der Waals surface area contributed by atoms with Crippen molar-refractivity contribution in [2.45, 2.75) is 6.92 Å². The van der Waals surface area contributed by atoms with E-state index < -0.39 is 0 Å². The van der Waals surface area contributed by atoms with Crippen LogP contribution in [0.15, 0.2) is 41.0 Å². The van der Waals surface area contributed by atoms with Crippen molar-refractivity contribution in [1.29, 1.82) is 0 Å². The summed E-state index contributed by atoms with van der Waals surface area (Å²) in [5.41, 5.74) is 0. The molecule has 92 valence electrons. The number of amides is 1. The highest BCUT2D eigenvalue weighted by Crippen LogP contribution is 2.24. The Labute approximate surface area is 118 Å². The van der Waals surface area contributed by atoms with E-state index in [4.69, 9.17) is 11.6 Å². The van der Waals surface area contributed by atoms with E-state index in [-0.39, 0.29) is 5.91 Å². The molecule has 18 heavy (non-hydrogen) atoms. The van der Waals surface area contributed by atoms with Crippen LogP contribution in [0, 0.1) is 0 Å². The number of hydrogen-bond donors (Lipinski definition) is 0. The Balaban J connectivity index is 2.50. The van der Waals surface area contributed by atoms with Gasteiger partial charge in [0.15, 0.2) is 0 Å². The highest BCUT2D eigenvalue weighted by atomic mass is 79.9. The van der Waals surface area contributed by atoms with Crippen molar-refractivity contribution in [1.82, 2.24) is 9.97 Å². The number of carbonyl (C=O) groups excluding carboxylic acids is 1. The predicted molar refractivity (Wildman–Crippen MR) is 74.0 cm³/mol. The Kier molecular flexibility index (Phi) is 3.93. The molecule has 0 fully saturated rings. The van der Waals surface area contributed by atoms with E-state index in [1.165, 1.54) is 11.8 Å². The second-order valence-corrected chi connectivity index (χ2v) is 4.69. The number of rotatable bonds is 2. The third-order valence-electron chi connectivity index (χ3n) is 2.17. The molecule has 0 unspecified atom stereocenters. The SMILES string of the molecule is CC(=O)N(c1cccc(Cl)n1)c1cccc(Br)n1. The van der Waals surface area contributed by atoms with Crippen LogP contribution in [0.2, 0.25) is 5.15 Å². The van der Waals surface area contributed by atoms with Gasteiger partial charge in [0.2, 0.25) is 5.91 Å². The fourth-order valence-corrected chi connectivity index (χ4v) is 1.98. The Morgan fingerprint density at radius 2 is 1.78 bits per heavy atom. The topological polar surface area (TPSA) is 46.1 Å². The van der Waals surface area contributed by atoms with Crippen molar-refractivity contribution in [3.63, 3.8) is 0 Å². The van der Waals surface area contributed by atoms with Gasteiger partial charge >= 0.3 is 0 Å². The molecule has 6 heteroatoms. The van der Waals surface area contributed by atoms with Crippen LogP contribution in [0.25, 0.3) is 0 Å². The average molecular weight is 327 g/mol. The zero-order valence-corrected chi connectivity index (χ0v) is 11.8. The van der Waals surface area contributed by atoms with Crippen LogP contribution >= 0.6 is 27.5 Å². The normalized spacial score (nSPS) is 10.2. The average Bonchev–Trinajstić information content (AvgIpc) is 2.28. The van der Waals surface area contributed by atoms with Crippen molar-refractivity contribution >= 4 is 45.1 Å². The van der Waals surface area contributed by atoms with Gasteiger partial charge < -0.3 is 0 Å². The number of hydrogen-bond acceptors (Lipinski definition) is 3. The second-order valence-electron chi connectivity index (χ2n) is 3.49. The Morgan fingerprint density at radius 1 is 1.17 bits per heavy atom. The van der Waals surface area contributed by atoms with Crippen LogP contribution in [-0.2, 0) is 4.79 Å². The lowest BCUT2D eigenvalue weighted by molar-refractivity contribution is -0.115. The summed E-state index contributed by atoms with van der Waals surface area (Å²) in [5, 5.41) is 0.328. The summed E-state index contributed by atoms with van der Waals surface area (Å²) in [4.78, 5) is 21.5. The van der Waals surface area contributed by atoms with Gasteiger partial charge in [-0.15, -0.1) is 0 Å². The zero-order chi connectivity index (χ0) is 13.1. The molecule has 0 aliphatic heterocycles. The lowest BCUT2D eigenvalue weighted by atomic mass is 10.3. The maximum atomic E-state index is 11.8. The van der Waals surface area contributed by atoms with Crippen molar-refractivity contribution in [3.05, 3.63) is 46.2 Å². The number of halogens is 2. The number of nitrogens with zero attached hydrogens (tertiary/aromatic N) is 3. The molecule has 0 N–H and O–H groups in total. The molecule has 0 atom stereocenters. The van der Waals surface area contributed by atoms with Gasteiger partial charge in [-0.25, -0.2) is 14.9 Å². The van der Waals surface area contributed by atoms with E-state index >= 15 is 0 Å². The lowest BCUT2D eigenvalue weighted by Crippen LogP contribution is -2.24. The molecule has 4 nitrogen and oxygen atoms in total. The highest BCUT2D eigenvalue weighted by Gasteiger charge is 2.17. The van der Waals surface area contributed by atoms with Gasteiger partial charge in [-0.05, 0) is 40.2 Å². The van der Waals surface area contributed by atoms with E-state index in [2.05, 4.69) is 25.9 Å². The Bertz CT molecular complexity index is 546. The van der Waals surface area contributed by atoms with Crippen molar-refractivity contribution in [2.24, 2.45) is 0 Å². The fourth-order valence-electron chi connectivity index (χ4n) is 1.48. The summed E-state index contributed by atoms with van der Waals surface area (Å²) in [6.07, 6.45) is 0. The largest absolute Gasteiger partial charge is 0.274 e. The van der Waals surface area contributed by atoms with Gasteiger partial charge in [-0.2, -0.15) is 0 Å². The van der Waals surface area contributed by atoms with Crippen molar-refractivity contribution in [2.75, 3.05) is 4.90 Å². The van der Waals surface area contributed by atoms with Gasteiger partial charge in [0, 0.05) is 6.92 Å². The minimum atomic E-state index is -0.185. The quantitative estimate of drug-likeness (QED) is 0.793. The van der Waals surface area contributed by atoms with E-state index in [0.29, 0.717) is 21.4 Å². The van der Waals surface area contributed by atoms with Crippen LogP contribution in [0.5, 0.6) is 0 Å². The van der Waals surface area contributed by atoms with Crippen LogP contribution in [0.4, 0.5) is 11.6 Å². The molecule has 2 rings (SSSR count). The number of pyridine rings is 2. The summed E-state index contributed by atoms with van der Waals surface area (Å²) in [7, 11) is 0. The first-order chi connectivity index (χ1) is 8.58. The van der Waals surface area contributed by atoms with Crippen LogP contribution < -0.4 is 4.90 Å². The molecule has 0 bridgehead atoms. The number of anilines is 2. The molecule has 2 aromatic heterocycles. The molecule has 0 radical (unpaired) electrons. The second kappa shape index (κ2) is 5.46. The van der Waals surface area contributed by atoms with Gasteiger partial charge in [-0.3, -0.25) is 4.79 Å². The van der Waals surface area contributed by atoms with Crippen LogP contribution in [-0.4, -0.2) is 15.9 Å². The minimum Gasteiger partial charge on any atom is -0.274 e. The summed E-state index contributed by atoms with van der Waals surface area (Å²) in [5.74, 6) is 0.752. The van der Waals surface area contributed by atoms with Gasteiger partial charge in [-0.1, -0.05) is 23.7 Å². The van der Waals surface area contributed by atoms with Gasteiger partial charge in [0.1, 0.15) is 21.4 Å². The van der Waals surface area contributed by atoms with Gasteiger partial charge in [0.05, 0.1) is 0 Å². The molecule has 0 saturated carbocycles. The molecule has 0 saturated heterocycles. The first-order valence-corrected chi connectivity index (χ1v) is 6.31. The molecular weight excluding hydrogens is 318 g/mol. The molecule has 1 amide bonds. The maximum absolute atomic E-state index is 11.8. The molecule has 2 heterocycles. The Morgan fingerprint density at radius 3 is 2.33 bits per heavy atom. The standard InChI is InChI=1S/C12H9BrClN3O/c1-8(18)17(11-6-2-4-9(13)15-11)12-7-3-5-10(14)16-12/h2-7H,1H3. The summed E-state index contributed by atoms with van der Waals surface area (Å²) >= 11 is 9.10. The summed E-state index contributed by atoms with van der Waals surface area (Å²) < 4.78 is 0.647. The first kappa shape index (κ1) is 13.0. The third-order valence-corrected chi connectivity index (χ3v) is 2.83. The van der Waals surface area contributed by atoms with E-state index in [0.717, 1.165) is 0 Å². The maximum Gasteiger partial charge on any atom is 0.230 e. The summed E-state index contributed by atoms with van der Waals surface area (Å²) in [6, 6.07) is 10.4. The molecule has 0 spiro atoms. The smallest absolute Gasteiger partial charge is 0.230 e. The highest BCUT2D eigenvalue weighted by molar-refractivity contribution is 9.10. The monoisotopic (exact) mass is 325 g/mol. The molecular formula is C12H9BrClN3O. The van der Waals surface area contributed by atoms with Crippen LogP contribution in [0.1, 0.15) is 6.92 Å².